The molecule has 1 aromatic rings. The summed E-state index contributed by atoms with van der Waals surface area (Å²) >= 11 is 0. The Morgan fingerprint density at radius 2 is 2.00 bits per heavy atom. The van der Waals surface area contributed by atoms with Crippen LogP contribution in [-0.2, 0) is 18.0 Å². The Balaban J connectivity index is 1.74. The maximum atomic E-state index is 5.50. The van der Waals surface area contributed by atoms with Crippen LogP contribution in [0, 0.1) is 5.92 Å². The molecule has 1 aliphatic heterocycles. The lowest BCUT2D eigenvalue weighted by atomic mass is 9.92. The van der Waals surface area contributed by atoms with E-state index in [0.29, 0.717) is 6.04 Å². The van der Waals surface area contributed by atoms with Crippen molar-refractivity contribution in [1.29, 1.82) is 0 Å². The molecule has 2 aliphatic rings. The molecule has 1 fully saturated rings. The first-order valence-corrected chi connectivity index (χ1v) is 7.23. The molecule has 1 heterocycles. The number of ether oxygens (including phenoxy) is 1. The summed E-state index contributed by atoms with van der Waals surface area (Å²) in [4.78, 5) is 0. The number of hydrogen-bond acceptors (Lipinski definition) is 2. The highest BCUT2D eigenvalue weighted by molar-refractivity contribution is 5.34. The van der Waals surface area contributed by atoms with Crippen LogP contribution in [0.3, 0.4) is 0 Å². The second-order valence-electron chi connectivity index (χ2n) is 5.75. The molecule has 0 aromatic heterocycles. The Hall–Kier alpha value is -0.860. The molecule has 0 bridgehead atoms. The highest BCUT2D eigenvalue weighted by Gasteiger charge is 2.21. The zero-order chi connectivity index (χ0) is 12.4. The molecule has 0 spiro atoms. The van der Waals surface area contributed by atoms with Crippen LogP contribution >= 0.6 is 0 Å². The summed E-state index contributed by atoms with van der Waals surface area (Å²) < 4.78 is 5.50. The van der Waals surface area contributed by atoms with Crippen molar-refractivity contribution in [1.82, 2.24) is 5.32 Å². The third-order valence-electron chi connectivity index (χ3n) is 4.54. The molecule has 0 amide bonds. The van der Waals surface area contributed by atoms with Crippen molar-refractivity contribution in [2.75, 3.05) is 7.05 Å². The topological polar surface area (TPSA) is 21.3 Å². The van der Waals surface area contributed by atoms with Gasteiger partial charge in [-0.1, -0.05) is 43.9 Å². The fourth-order valence-electron chi connectivity index (χ4n) is 3.41. The highest BCUT2D eigenvalue weighted by Crippen LogP contribution is 2.34. The number of nitrogens with one attached hydrogen (secondary N) is 1. The molecule has 0 saturated heterocycles. The molecule has 3 rings (SSSR count). The molecule has 0 radical (unpaired) electrons. The zero-order valence-electron chi connectivity index (χ0n) is 11.2. The van der Waals surface area contributed by atoms with E-state index in [1.54, 1.807) is 0 Å². The van der Waals surface area contributed by atoms with E-state index in [0.717, 1.165) is 19.1 Å². The molecule has 18 heavy (non-hydrogen) atoms. The minimum Gasteiger partial charge on any atom is -0.372 e. The van der Waals surface area contributed by atoms with Crippen LogP contribution in [0.5, 0.6) is 0 Å². The van der Waals surface area contributed by atoms with Crippen molar-refractivity contribution >= 4 is 0 Å². The van der Waals surface area contributed by atoms with Gasteiger partial charge in [0.1, 0.15) is 0 Å². The third kappa shape index (κ3) is 2.45. The van der Waals surface area contributed by atoms with Crippen LogP contribution in [0.1, 0.15) is 54.8 Å². The summed E-state index contributed by atoms with van der Waals surface area (Å²) in [6.07, 6.45) is 6.99. The minimum atomic E-state index is 0.513. The number of fused-ring (bicyclic) bond motifs is 1. The Bertz CT molecular complexity index is 410. The van der Waals surface area contributed by atoms with Gasteiger partial charge >= 0.3 is 0 Å². The summed E-state index contributed by atoms with van der Waals surface area (Å²) in [6, 6.07) is 7.39. The van der Waals surface area contributed by atoms with Gasteiger partial charge in [0.25, 0.3) is 0 Å². The molecule has 2 heteroatoms. The predicted octanol–water partition coefficient (Wildman–Crippen LogP) is 3.56. The van der Waals surface area contributed by atoms with Crippen LogP contribution in [0.4, 0.5) is 0 Å². The molecule has 98 valence electrons. The fraction of sp³-hybridized carbons (Fsp3) is 0.625. The molecular formula is C16H23NO. The van der Waals surface area contributed by atoms with E-state index in [1.807, 2.05) is 0 Å². The van der Waals surface area contributed by atoms with E-state index >= 15 is 0 Å². The average molecular weight is 245 g/mol. The van der Waals surface area contributed by atoms with Gasteiger partial charge in [-0.05, 0) is 36.1 Å². The molecule has 2 nitrogen and oxygen atoms in total. The zero-order valence-corrected chi connectivity index (χ0v) is 11.2. The second kappa shape index (κ2) is 5.41. The fourth-order valence-corrected chi connectivity index (χ4v) is 3.41. The van der Waals surface area contributed by atoms with Gasteiger partial charge in [-0.15, -0.1) is 0 Å². The molecule has 1 N–H and O–H groups in total. The van der Waals surface area contributed by atoms with Gasteiger partial charge in [0.15, 0.2) is 0 Å². The normalized spacial score (nSPS) is 21.2. The maximum absolute atomic E-state index is 5.50. The van der Waals surface area contributed by atoms with Crippen molar-refractivity contribution < 1.29 is 4.74 Å². The maximum Gasteiger partial charge on any atom is 0.0725 e. The Labute approximate surface area is 110 Å². The van der Waals surface area contributed by atoms with E-state index in [-0.39, 0.29) is 0 Å². The van der Waals surface area contributed by atoms with Gasteiger partial charge in [-0.2, -0.15) is 0 Å². The van der Waals surface area contributed by atoms with E-state index in [1.165, 1.54) is 48.8 Å². The molecule has 1 aliphatic carbocycles. The van der Waals surface area contributed by atoms with Crippen molar-refractivity contribution in [2.45, 2.75) is 51.4 Å². The Morgan fingerprint density at radius 1 is 1.22 bits per heavy atom. The molecular weight excluding hydrogens is 222 g/mol. The molecule has 1 saturated carbocycles. The van der Waals surface area contributed by atoms with Crippen molar-refractivity contribution in [3.8, 4) is 0 Å². The SMILES string of the molecule is CNC(CC1CCCC1)c1ccc2c(c1)COC2. The summed E-state index contributed by atoms with van der Waals surface area (Å²) in [5.74, 6) is 0.923. The van der Waals surface area contributed by atoms with Crippen molar-refractivity contribution in [3.63, 3.8) is 0 Å². The largest absolute Gasteiger partial charge is 0.372 e. The van der Waals surface area contributed by atoms with Crippen LogP contribution in [-0.4, -0.2) is 7.05 Å². The number of benzene rings is 1. The van der Waals surface area contributed by atoms with Crippen LogP contribution < -0.4 is 5.32 Å². The lowest BCUT2D eigenvalue weighted by Gasteiger charge is -2.21. The van der Waals surface area contributed by atoms with E-state index in [2.05, 4.69) is 30.6 Å². The summed E-state index contributed by atoms with van der Waals surface area (Å²) in [6.45, 7) is 1.59. The van der Waals surface area contributed by atoms with Crippen LogP contribution in [0.2, 0.25) is 0 Å². The average Bonchev–Trinajstić information content (AvgIpc) is 3.06. The van der Waals surface area contributed by atoms with Crippen LogP contribution in [0.25, 0.3) is 0 Å². The Morgan fingerprint density at radius 3 is 2.78 bits per heavy atom. The highest BCUT2D eigenvalue weighted by atomic mass is 16.5. The first-order valence-electron chi connectivity index (χ1n) is 7.23. The van der Waals surface area contributed by atoms with E-state index in [4.69, 9.17) is 4.74 Å². The van der Waals surface area contributed by atoms with E-state index in [9.17, 15) is 0 Å². The van der Waals surface area contributed by atoms with Crippen molar-refractivity contribution in [2.24, 2.45) is 5.92 Å². The molecule has 1 unspecified atom stereocenters. The van der Waals surface area contributed by atoms with Crippen molar-refractivity contribution in [3.05, 3.63) is 34.9 Å². The van der Waals surface area contributed by atoms with Crippen LogP contribution in [0.15, 0.2) is 18.2 Å². The monoisotopic (exact) mass is 245 g/mol. The smallest absolute Gasteiger partial charge is 0.0725 e. The summed E-state index contributed by atoms with van der Waals surface area (Å²) in [5, 5.41) is 3.50. The summed E-state index contributed by atoms with van der Waals surface area (Å²) in [5.41, 5.74) is 4.20. The Kier molecular flexibility index (Phi) is 3.67. The second-order valence-corrected chi connectivity index (χ2v) is 5.75. The van der Waals surface area contributed by atoms with Gasteiger partial charge in [0.2, 0.25) is 0 Å². The van der Waals surface area contributed by atoms with Gasteiger partial charge < -0.3 is 10.1 Å². The lowest BCUT2D eigenvalue weighted by Crippen LogP contribution is -2.19. The molecule has 1 atom stereocenters. The molecule has 1 aromatic carbocycles. The number of rotatable bonds is 4. The van der Waals surface area contributed by atoms with Gasteiger partial charge in [0.05, 0.1) is 13.2 Å². The number of hydrogen-bond donors (Lipinski definition) is 1. The van der Waals surface area contributed by atoms with Gasteiger partial charge in [-0.25, -0.2) is 0 Å². The third-order valence-corrected chi connectivity index (χ3v) is 4.54. The first-order chi connectivity index (χ1) is 8.86. The lowest BCUT2D eigenvalue weighted by molar-refractivity contribution is 0.134. The minimum absolute atomic E-state index is 0.513. The first kappa shape index (κ1) is 12.2. The quantitative estimate of drug-likeness (QED) is 0.875. The van der Waals surface area contributed by atoms with Gasteiger partial charge in [0, 0.05) is 6.04 Å². The predicted molar refractivity (Wildman–Crippen MR) is 73.3 cm³/mol. The van der Waals surface area contributed by atoms with E-state index < -0.39 is 0 Å². The van der Waals surface area contributed by atoms with Gasteiger partial charge in [-0.3, -0.25) is 0 Å². The standard InChI is InChI=1S/C16H23NO/c1-17-16(8-12-4-2-3-5-12)13-6-7-14-10-18-11-15(14)9-13/h6-7,9,12,16-17H,2-5,8,10-11H2,1H3. The summed E-state index contributed by atoms with van der Waals surface area (Å²) in [7, 11) is 2.09.